The van der Waals surface area contributed by atoms with Crippen molar-refractivity contribution in [2.75, 3.05) is 20.3 Å². The van der Waals surface area contributed by atoms with Crippen LogP contribution in [0.1, 0.15) is 29.9 Å². The highest BCUT2D eigenvalue weighted by atomic mass is 16.5. The van der Waals surface area contributed by atoms with E-state index in [9.17, 15) is 9.90 Å². The molecule has 2 fully saturated rings. The molecule has 3 rings (SSSR count). The number of rotatable bonds is 5. The molecule has 4 heteroatoms. The smallest absolute Gasteiger partial charge is 0.310 e. The number of benzene rings is 1. The van der Waals surface area contributed by atoms with Crippen LogP contribution in [-0.4, -0.2) is 42.3 Å². The van der Waals surface area contributed by atoms with E-state index in [2.05, 4.69) is 29.2 Å². The molecule has 0 radical (unpaired) electrons. The Kier molecular flexibility index (Phi) is 3.76. The molecule has 2 aliphatic rings. The van der Waals surface area contributed by atoms with Crippen LogP contribution in [-0.2, 0) is 16.1 Å². The van der Waals surface area contributed by atoms with Gasteiger partial charge in [0.25, 0.3) is 0 Å². The molecular formula is C16H21NO3. The van der Waals surface area contributed by atoms with Gasteiger partial charge in [0.15, 0.2) is 0 Å². The predicted molar refractivity (Wildman–Crippen MR) is 75.6 cm³/mol. The summed E-state index contributed by atoms with van der Waals surface area (Å²) in [4.78, 5) is 13.4. The van der Waals surface area contributed by atoms with Crippen molar-refractivity contribution < 1.29 is 14.6 Å². The molecule has 1 aromatic rings. The van der Waals surface area contributed by atoms with Crippen LogP contribution < -0.4 is 0 Å². The molecule has 20 heavy (non-hydrogen) atoms. The molecule has 1 saturated carbocycles. The normalized spacial score (nSPS) is 26.1. The number of hydrogen-bond donors (Lipinski definition) is 1. The van der Waals surface area contributed by atoms with Gasteiger partial charge in [-0.2, -0.15) is 0 Å². The van der Waals surface area contributed by atoms with Crippen molar-refractivity contribution in [3.05, 3.63) is 35.4 Å². The second-order valence-electron chi connectivity index (χ2n) is 5.94. The zero-order chi connectivity index (χ0) is 14.1. The van der Waals surface area contributed by atoms with Crippen molar-refractivity contribution in [2.45, 2.75) is 31.3 Å². The standard InChI is InChI=1S/C16H21NO3/c1-17(15-10-20-9-14(15)16(18)19)8-12-4-2-3-5-13(12)11-6-7-11/h2-5,11,14-15H,6-10H2,1H3,(H,18,19). The molecule has 0 amide bonds. The second kappa shape index (κ2) is 5.54. The summed E-state index contributed by atoms with van der Waals surface area (Å²) in [7, 11) is 2.00. The molecule has 1 N–H and O–H groups in total. The van der Waals surface area contributed by atoms with Crippen molar-refractivity contribution in [1.82, 2.24) is 4.90 Å². The van der Waals surface area contributed by atoms with E-state index >= 15 is 0 Å². The van der Waals surface area contributed by atoms with E-state index in [4.69, 9.17) is 4.74 Å². The first-order chi connectivity index (χ1) is 9.66. The highest BCUT2D eigenvalue weighted by Gasteiger charge is 2.37. The second-order valence-corrected chi connectivity index (χ2v) is 5.94. The molecule has 0 aromatic heterocycles. The maximum absolute atomic E-state index is 11.2. The Morgan fingerprint density at radius 1 is 1.35 bits per heavy atom. The lowest BCUT2D eigenvalue weighted by Gasteiger charge is -2.27. The first kappa shape index (κ1) is 13.6. The average Bonchev–Trinajstić information content (AvgIpc) is 3.15. The minimum absolute atomic E-state index is 0.0280. The molecule has 1 heterocycles. The number of carboxylic acids is 1. The molecule has 2 unspecified atom stereocenters. The van der Waals surface area contributed by atoms with E-state index in [1.807, 2.05) is 7.05 Å². The van der Waals surface area contributed by atoms with Gasteiger partial charge in [-0.3, -0.25) is 9.69 Å². The van der Waals surface area contributed by atoms with Gasteiger partial charge in [0.1, 0.15) is 0 Å². The molecule has 0 bridgehead atoms. The van der Waals surface area contributed by atoms with Crippen LogP contribution in [0.15, 0.2) is 24.3 Å². The maximum atomic E-state index is 11.2. The van der Waals surface area contributed by atoms with Crippen LogP contribution in [0.5, 0.6) is 0 Å². The molecule has 108 valence electrons. The van der Waals surface area contributed by atoms with Crippen LogP contribution in [0.25, 0.3) is 0 Å². The monoisotopic (exact) mass is 275 g/mol. The molecule has 1 aliphatic carbocycles. The van der Waals surface area contributed by atoms with E-state index in [1.165, 1.54) is 24.0 Å². The minimum atomic E-state index is -0.755. The van der Waals surface area contributed by atoms with Gasteiger partial charge in [-0.05, 0) is 36.9 Å². The van der Waals surface area contributed by atoms with E-state index in [1.54, 1.807) is 0 Å². The summed E-state index contributed by atoms with van der Waals surface area (Å²) < 4.78 is 5.36. The summed E-state index contributed by atoms with van der Waals surface area (Å²) in [5.41, 5.74) is 2.76. The average molecular weight is 275 g/mol. The van der Waals surface area contributed by atoms with Crippen molar-refractivity contribution in [3.63, 3.8) is 0 Å². The Morgan fingerprint density at radius 2 is 2.10 bits per heavy atom. The Bertz CT molecular complexity index is 498. The lowest BCUT2D eigenvalue weighted by atomic mass is 9.99. The van der Waals surface area contributed by atoms with Gasteiger partial charge in [-0.15, -0.1) is 0 Å². The van der Waals surface area contributed by atoms with Crippen LogP contribution >= 0.6 is 0 Å². The van der Waals surface area contributed by atoms with Gasteiger partial charge in [-0.1, -0.05) is 24.3 Å². The van der Waals surface area contributed by atoms with Crippen LogP contribution in [0.2, 0.25) is 0 Å². The summed E-state index contributed by atoms with van der Waals surface area (Å²) >= 11 is 0. The summed E-state index contributed by atoms with van der Waals surface area (Å²) in [5, 5.41) is 9.24. The van der Waals surface area contributed by atoms with Gasteiger partial charge >= 0.3 is 5.97 Å². The first-order valence-electron chi connectivity index (χ1n) is 7.25. The molecule has 2 atom stereocenters. The molecular weight excluding hydrogens is 254 g/mol. The maximum Gasteiger partial charge on any atom is 0.310 e. The minimum Gasteiger partial charge on any atom is -0.481 e. The Hall–Kier alpha value is -1.39. The van der Waals surface area contributed by atoms with Crippen LogP contribution in [0.4, 0.5) is 0 Å². The molecule has 1 saturated heterocycles. The Labute approximate surface area is 119 Å². The fourth-order valence-electron chi connectivity index (χ4n) is 3.07. The fourth-order valence-corrected chi connectivity index (χ4v) is 3.07. The first-order valence-corrected chi connectivity index (χ1v) is 7.25. The highest BCUT2D eigenvalue weighted by Crippen LogP contribution is 2.41. The number of ether oxygens (including phenoxy) is 1. The fraction of sp³-hybridized carbons (Fsp3) is 0.562. The van der Waals surface area contributed by atoms with E-state index in [0.717, 1.165) is 12.5 Å². The number of likely N-dealkylation sites (N-methyl/N-ethyl adjacent to an activating group) is 1. The SMILES string of the molecule is CN(Cc1ccccc1C1CC1)C1COCC1C(=O)O. The van der Waals surface area contributed by atoms with Crippen molar-refractivity contribution in [1.29, 1.82) is 0 Å². The van der Waals surface area contributed by atoms with Gasteiger partial charge < -0.3 is 9.84 Å². The summed E-state index contributed by atoms with van der Waals surface area (Å²) in [6.07, 6.45) is 2.57. The zero-order valence-corrected chi connectivity index (χ0v) is 11.8. The van der Waals surface area contributed by atoms with Gasteiger partial charge in [-0.25, -0.2) is 0 Å². The highest BCUT2D eigenvalue weighted by molar-refractivity contribution is 5.71. The van der Waals surface area contributed by atoms with Crippen LogP contribution in [0.3, 0.4) is 0 Å². The zero-order valence-electron chi connectivity index (χ0n) is 11.8. The number of carboxylic acid groups (broad SMARTS) is 1. The number of nitrogens with zero attached hydrogens (tertiary/aromatic N) is 1. The lowest BCUT2D eigenvalue weighted by Crippen LogP contribution is -2.40. The molecule has 0 spiro atoms. The van der Waals surface area contributed by atoms with Crippen molar-refractivity contribution in [3.8, 4) is 0 Å². The molecule has 1 aliphatic heterocycles. The number of carbonyl (C=O) groups is 1. The largest absolute Gasteiger partial charge is 0.481 e. The topological polar surface area (TPSA) is 49.8 Å². The van der Waals surface area contributed by atoms with E-state index in [-0.39, 0.29) is 6.04 Å². The van der Waals surface area contributed by atoms with Gasteiger partial charge in [0.05, 0.1) is 19.1 Å². The Morgan fingerprint density at radius 3 is 2.80 bits per heavy atom. The summed E-state index contributed by atoms with van der Waals surface area (Å²) in [6, 6.07) is 8.50. The van der Waals surface area contributed by atoms with Gasteiger partial charge in [0.2, 0.25) is 0 Å². The predicted octanol–water partition coefficient (Wildman–Crippen LogP) is 2.10. The van der Waals surface area contributed by atoms with Crippen LogP contribution in [0, 0.1) is 5.92 Å². The van der Waals surface area contributed by atoms with Crippen molar-refractivity contribution in [2.24, 2.45) is 5.92 Å². The quantitative estimate of drug-likeness (QED) is 0.894. The Balaban J connectivity index is 1.72. The molecule has 4 nitrogen and oxygen atoms in total. The number of hydrogen-bond acceptors (Lipinski definition) is 3. The van der Waals surface area contributed by atoms with Gasteiger partial charge in [0, 0.05) is 12.6 Å². The van der Waals surface area contributed by atoms with E-state index < -0.39 is 11.9 Å². The molecule has 1 aromatic carbocycles. The summed E-state index contributed by atoms with van der Waals surface area (Å²) in [6.45, 7) is 1.64. The summed E-state index contributed by atoms with van der Waals surface area (Å²) in [5.74, 6) is -0.447. The third-order valence-electron chi connectivity index (χ3n) is 4.43. The number of aliphatic carboxylic acids is 1. The third kappa shape index (κ3) is 2.72. The van der Waals surface area contributed by atoms with Crippen molar-refractivity contribution >= 4 is 5.97 Å². The van der Waals surface area contributed by atoms with E-state index in [0.29, 0.717) is 13.2 Å². The lowest BCUT2D eigenvalue weighted by molar-refractivity contribution is -0.143. The third-order valence-corrected chi connectivity index (χ3v) is 4.43.